The number of phosphoric acid groups is 1. The fraction of sp³-hybridized carbons (Fsp3) is 0.911. The quantitative estimate of drug-likeness (QED) is 0.0214. The van der Waals surface area contributed by atoms with Crippen molar-refractivity contribution >= 4 is 19.8 Å². The number of quaternary nitrogens is 1. The number of nitrogens with zero attached hydrogens (tertiary/aromatic N) is 1. The third-order valence-corrected chi connectivity index (χ3v) is 11.0. The van der Waals surface area contributed by atoms with Gasteiger partial charge in [-0.2, -0.15) is 0 Å². The molecule has 0 fully saturated rings. The Kier molecular flexibility index (Phi) is 37.4. The highest BCUT2D eigenvalue weighted by atomic mass is 31.2. The van der Waals surface area contributed by atoms with Gasteiger partial charge in [-0.25, -0.2) is 4.57 Å². The van der Waals surface area contributed by atoms with Crippen LogP contribution in [0.15, 0.2) is 12.2 Å². The standard InChI is InChI=1S/C45H88NO8P/c1-6-8-10-12-14-16-18-20-22-23-24-26-28-30-32-34-36-38-45(48)54-43(42-53-55(49,50)52-40-39-46(3,4)5)41-51-44(47)37-35-33-31-29-27-25-21-19-17-15-13-11-9-7-2/h20,22,43H,6-19,21,23-42H2,1-5H3/p+1/b22-20-. The molecule has 0 rings (SSSR count). The first-order chi connectivity index (χ1) is 26.5. The lowest BCUT2D eigenvalue weighted by molar-refractivity contribution is -0.870. The molecule has 2 unspecified atom stereocenters. The summed E-state index contributed by atoms with van der Waals surface area (Å²) in [4.78, 5) is 35.4. The summed E-state index contributed by atoms with van der Waals surface area (Å²) in [6.07, 6.45) is 39.6. The Balaban J connectivity index is 4.31. The number of rotatable bonds is 42. The zero-order valence-corrected chi connectivity index (χ0v) is 37.6. The Morgan fingerprint density at radius 1 is 0.545 bits per heavy atom. The molecule has 0 saturated carbocycles. The number of phosphoric ester groups is 1. The Morgan fingerprint density at radius 3 is 1.35 bits per heavy atom. The van der Waals surface area contributed by atoms with Crippen LogP contribution in [0.3, 0.4) is 0 Å². The number of hydrogen-bond donors (Lipinski definition) is 1. The predicted octanol–water partition coefficient (Wildman–Crippen LogP) is 13.0. The molecule has 0 radical (unpaired) electrons. The van der Waals surface area contributed by atoms with Crippen LogP contribution in [0.25, 0.3) is 0 Å². The average molecular weight is 803 g/mol. The zero-order valence-electron chi connectivity index (χ0n) is 36.7. The monoisotopic (exact) mass is 803 g/mol. The van der Waals surface area contributed by atoms with Gasteiger partial charge in [-0.3, -0.25) is 18.6 Å². The minimum atomic E-state index is -4.37. The van der Waals surface area contributed by atoms with Crippen LogP contribution in [-0.4, -0.2) is 74.9 Å². The normalized spacial score (nSPS) is 13.6. The van der Waals surface area contributed by atoms with Gasteiger partial charge in [0.25, 0.3) is 0 Å². The van der Waals surface area contributed by atoms with E-state index >= 15 is 0 Å². The first-order valence-electron chi connectivity index (χ1n) is 22.9. The van der Waals surface area contributed by atoms with Crippen molar-refractivity contribution in [3.05, 3.63) is 12.2 Å². The predicted molar refractivity (Wildman–Crippen MR) is 229 cm³/mol. The van der Waals surface area contributed by atoms with E-state index in [0.717, 1.165) is 44.9 Å². The third-order valence-electron chi connectivity index (χ3n) is 10.0. The van der Waals surface area contributed by atoms with Crippen molar-refractivity contribution < 1.29 is 42.1 Å². The summed E-state index contributed by atoms with van der Waals surface area (Å²) in [5, 5.41) is 0. The second-order valence-corrected chi connectivity index (χ2v) is 18.2. The maximum atomic E-state index is 12.7. The Labute approximate surface area is 339 Å². The maximum Gasteiger partial charge on any atom is 0.472 e. The number of allylic oxidation sites excluding steroid dienone is 2. The van der Waals surface area contributed by atoms with Gasteiger partial charge >= 0.3 is 19.8 Å². The van der Waals surface area contributed by atoms with Gasteiger partial charge < -0.3 is 18.9 Å². The van der Waals surface area contributed by atoms with Gasteiger partial charge in [0, 0.05) is 12.8 Å². The van der Waals surface area contributed by atoms with Crippen molar-refractivity contribution in [2.75, 3.05) is 47.5 Å². The Bertz CT molecular complexity index is 954. The first kappa shape index (κ1) is 53.8. The Hall–Kier alpha value is -1.25. The van der Waals surface area contributed by atoms with E-state index in [1.807, 2.05) is 21.1 Å². The van der Waals surface area contributed by atoms with Crippen molar-refractivity contribution in [1.29, 1.82) is 0 Å². The average Bonchev–Trinajstić information content (AvgIpc) is 3.13. The van der Waals surface area contributed by atoms with E-state index in [1.54, 1.807) is 0 Å². The van der Waals surface area contributed by atoms with Gasteiger partial charge in [0.2, 0.25) is 0 Å². The number of esters is 2. The van der Waals surface area contributed by atoms with E-state index in [2.05, 4.69) is 26.0 Å². The molecule has 0 aromatic rings. The van der Waals surface area contributed by atoms with Crippen molar-refractivity contribution in [1.82, 2.24) is 0 Å². The molecule has 0 aromatic heterocycles. The molecule has 0 heterocycles. The molecule has 2 atom stereocenters. The molecule has 0 bridgehead atoms. The molecule has 0 aliphatic rings. The summed E-state index contributed by atoms with van der Waals surface area (Å²) in [5.41, 5.74) is 0. The molecule has 10 heteroatoms. The maximum absolute atomic E-state index is 12.7. The fourth-order valence-corrected chi connectivity index (χ4v) is 7.16. The van der Waals surface area contributed by atoms with Gasteiger partial charge in [-0.15, -0.1) is 0 Å². The molecule has 9 nitrogen and oxygen atoms in total. The van der Waals surface area contributed by atoms with Crippen molar-refractivity contribution in [2.45, 2.75) is 219 Å². The highest BCUT2D eigenvalue weighted by Gasteiger charge is 2.27. The van der Waals surface area contributed by atoms with Crippen LogP contribution < -0.4 is 0 Å². The summed E-state index contributed by atoms with van der Waals surface area (Å²) < 4.78 is 34.3. The molecule has 326 valence electrons. The van der Waals surface area contributed by atoms with E-state index in [1.165, 1.54) is 135 Å². The molecule has 0 aromatic carbocycles. The van der Waals surface area contributed by atoms with Gasteiger partial charge in [0.15, 0.2) is 6.10 Å². The molecule has 0 amide bonds. The van der Waals surface area contributed by atoms with Crippen LogP contribution in [0.1, 0.15) is 213 Å². The number of ether oxygens (including phenoxy) is 2. The lowest BCUT2D eigenvalue weighted by atomic mass is 10.0. The lowest BCUT2D eigenvalue weighted by Gasteiger charge is -2.24. The molecule has 0 saturated heterocycles. The minimum absolute atomic E-state index is 0.0340. The highest BCUT2D eigenvalue weighted by Crippen LogP contribution is 2.43. The number of unbranched alkanes of at least 4 members (excludes halogenated alkanes) is 26. The number of carbonyl (C=O) groups excluding carboxylic acids is 2. The van der Waals surface area contributed by atoms with Crippen molar-refractivity contribution in [3.8, 4) is 0 Å². The van der Waals surface area contributed by atoms with E-state index < -0.39 is 26.5 Å². The van der Waals surface area contributed by atoms with Crippen molar-refractivity contribution in [3.63, 3.8) is 0 Å². The van der Waals surface area contributed by atoms with Gasteiger partial charge in [-0.1, -0.05) is 174 Å². The third kappa shape index (κ3) is 42.2. The van der Waals surface area contributed by atoms with Gasteiger partial charge in [-0.05, 0) is 38.5 Å². The number of carbonyl (C=O) groups is 2. The summed E-state index contributed by atoms with van der Waals surface area (Å²) >= 11 is 0. The fourth-order valence-electron chi connectivity index (χ4n) is 6.42. The van der Waals surface area contributed by atoms with Crippen LogP contribution in [-0.2, 0) is 32.7 Å². The summed E-state index contributed by atoms with van der Waals surface area (Å²) in [7, 11) is 1.48. The van der Waals surface area contributed by atoms with E-state index in [4.69, 9.17) is 18.5 Å². The number of likely N-dealkylation sites (N-methyl/N-ethyl adjacent to an activating group) is 1. The highest BCUT2D eigenvalue weighted by molar-refractivity contribution is 7.47. The van der Waals surface area contributed by atoms with Crippen LogP contribution in [0.2, 0.25) is 0 Å². The molecule has 0 aliphatic carbocycles. The van der Waals surface area contributed by atoms with Crippen molar-refractivity contribution in [2.24, 2.45) is 0 Å². The second-order valence-electron chi connectivity index (χ2n) is 16.8. The van der Waals surface area contributed by atoms with Gasteiger partial charge in [0.05, 0.1) is 27.7 Å². The van der Waals surface area contributed by atoms with Crippen LogP contribution in [0, 0.1) is 0 Å². The minimum Gasteiger partial charge on any atom is -0.462 e. The molecular formula is C45H89NO8P+. The molecule has 1 N–H and O–H groups in total. The summed E-state index contributed by atoms with van der Waals surface area (Å²) in [6.45, 7) is 4.44. The lowest BCUT2D eigenvalue weighted by Crippen LogP contribution is -2.37. The van der Waals surface area contributed by atoms with E-state index in [0.29, 0.717) is 23.9 Å². The largest absolute Gasteiger partial charge is 0.472 e. The topological polar surface area (TPSA) is 108 Å². The van der Waals surface area contributed by atoms with Gasteiger partial charge in [0.1, 0.15) is 19.8 Å². The zero-order chi connectivity index (χ0) is 40.7. The first-order valence-corrected chi connectivity index (χ1v) is 24.4. The van der Waals surface area contributed by atoms with E-state index in [9.17, 15) is 19.0 Å². The van der Waals surface area contributed by atoms with Crippen LogP contribution in [0.4, 0.5) is 0 Å². The summed E-state index contributed by atoms with van der Waals surface area (Å²) in [5.74, 6) is -0.793. The van der Waals surface area contributed by atoms with Crippen LogP contribution >= 0.6 is 7.82 Å². The molecule has 0 aliphatic heterocycles. The molecule has 55 heavy (non-hydrogen) atoms. The van der Waals surface area contributed by atoms with E-state index in [-0.39, 0.29) is 25.6 Å². The SMILES string of the molecule is CCCCCCCC/C=C\CCCCCCCCCC(=O)OC(COC(=O)CCCCCCCCCCCCCCCC)COP(=O)(O)OCC[N+](C)(C)C. The summed E-state index contributed by atoms with van der Waals surface area (Å²) in [6, 6.07) is 0. The molecule has 0 spiro atoms. The smallest absolute Gasteiger partial charge is 0.462 e. The Morgan fingerprint density at radius 2 is 0.927 bits per heavy atom. The van der Waals surface area contributed by atoms with Crippen LogP contribution in [0.5, 0.6) is 0 Å². The molecular weight excluding hydrogens is 713 g/mol. The second kappa shape index (κ2) is 38.3. The number of hydrogen-bond acceptors (Lipinski definition) is 7.